The number of fused-ring (bicyclic) bond motifs is 2. The van der Waals surface area contributed by atoms with Gasteiger partial charge in [-0.05, 0) is 61.4 Å². The number of nitrogens with one attached hydrogen (secondary N) is 1. The third kappa shape index (κ3) is 3.61. The van der Waals surface area contributed by atoms with Crippen LogP contribution in [-0.4, -0.2) is 27.6 Å². The number of rotatable bonds is 6. The van der Waals surface area contributed by atoms with Crippen LogP contribution in [0.1, 0.15) is 47.8 Å². The Kier molecular flexibility index (Phi) is 5.05. The molecule has 0 bridgehead atoms. The van der Waals surface area contributed by atoms with Gasteiger partial charge in [0.05, 0.1) is 36.5 Å². The molecule has 0 saturated heterocycles. The van der Waals surface area contributed by atoms with Gasteiger partial charge >= 0.3 is 5.97 Å². The highest BCUT2D eigenvalue weighted by Crippen LogP contribution is 2.38. The van der Waals surface area contributed by atoms with E-state index in [1.165, 1.54) is 20.0 Å². The average molecular weight is 457 g/mol. The fourth-order valence-electron chi connectivity index (χ4n) is 4.80. The van der Waals surface area contributed by atoms with Gasteiger partial charge < -0.3 is 23.5 Å². The molecule has 0 unspecified atom stereocenters. The molecule has 3 aromatic heterocycles. The number of ether oxygens (including phenoxy) is 1. The second kappa shape index (κ2) is 8.37. The molecule has 0 radical (unpaired) electrons. The van der Waals surface area contributed by atoms with Crippen molar-refractivity contribution in [1.82, 2.24) is 14.5 Å². The highest BCUT2D eigenvalue weighted by molar-refractivity contribution is 5.94. The summed E-state index contributed by atoms with van der Waals surface area (Å²) in [6.45, 7) is 0.493. The summed E-state index contributed by atoms with van der Waals surface area (Å²) >= 11 is 0. The summed E-state index contributed by atoms with van der Waals surface area (Å²) in [6, 6.07) is 16.1. The topological polar surface area (TPSA) is 95.3 Å². The van der Waals surface area contributed by atoms with Gasteiger partial charge in [0.2, 0.25) is 0 Å². The van der Waals surface area contributed by atoms with Crippen molar-refractivity contribution in [3.05, 3.63) is 66.1 Å². The van der Waals surface area contributed by atoms with Crippen LogP contribution >= 0.6 is 0 Å². The molecule has 3 heterocycles. The van der Waals surface area contributed by atoms with E-state index in [2.05, 4.69) is 14.9 Å². The van der Waals surface area contributed by atoms with Crippen LogP contribution in [0.25, 0.3) is 33.5 Å². The number of benzene rings is 2. The van der Waals surface area contributed by atoms with E-state index in [0.29, 0.717) is 29.7 Å². The number of methoxy groups -OCH3 is 1. The van der Waals surface area contributed by atoms with Crippen LogP contribution in [0.2, 0.25) is 0 Å². The first kappa shape index (κ1) is 20.5. The van der Waals surface area contributed by atoms with E-state index < -0.39 is 0 Å². The normalized spacial score (nSPS) is 14.3. The lowest BCUT2D eigenvalue weighted by molar-refractivity contribution is 0.0601. The van der Waals surface area contributed by atoms with Crippen LogP contribution in [0.3, 0.4) is 0 Å². The van der Waals surface area contributed by atoms with Crippen molar-refractivity contribution in [2.75, 3.05) is 12.4 Å². The lowest BCUT2D eigenvalue weighted by Crippen LogP contribution is -2.07. The van der Waals surface area contributed by atoms with Crippen LogP contribution < -0.4 is 5.32 Å². The zero-order chi connectivity index (χ0) is 23.1. The fourth-order valence-corrected chi connectivity index (χ4v) is 4.80. The van der Waals surface area contributed by atoms with Crippen LogP contribution in [0.5, 0.6) is 0 Å². The van der Waals surface area contributed by atoms with Gasteiger partial charge in [-0.1, -0.05) is 12.8 Å². The number of furan rings is 1. The Morgan fingerprint density at radius 2 is 2.00 bits per heavy atom. The predicted molar refractivity (Wildman–Crippen MR) is 128 cm³/mol. The number of aromatic nitrogens is 3. The standard InChI is InChI=1S/C26H24N4O4/c1-32-25(31)17-8-10-22-20(14-17)28-24(30(22)18-5-2-3-6-18)16-9-11-23-21(13-16)29-26(34-23)27-15-19-7-4-12-33-19/h4,7-14,18H,2-3,5-6,15H2,1H3,(H,27,29). The molecule has 172 valence electrons. The third-order valence-corrected chi connectivity index (χ3v) is 6.44. The predicted octanol–water partition coefficient (Wildman–Crippen LogP) is 5.95. The minimum atomic E-state index is -0.363. The Labute approximate surface area is 195 Å². The maximum Gasteiger partial charge on any atom is 0.337 e. The van der Waals surface area contributed by atoms with E-state index in [1.54, 1.807) is 12.3 Å². The van der Waals surface area contributed by atoms with E-state index >= 15 is 0 Å². The number of carbonyl (C=O) groups excluding carboxylic acids is 1. The zero-order valence-corrected chi connectivity index (χ0v) is 18.8. The maximum atomic E-state index is 12.1. The number of oxazole rings is 1. The van der Waals surface area contributed by atoms with Crippen molar-refractivity contribution in [2.45, 2.75) is 38.3 Å². The Morgan fingerprint density at radius 1 is 1.12 bits per heavy atom. The van der Waals surface area contributed by atoms with Gasteiger partial charge in [0.1, 0.15) is 17.1 Å². The molecule has 1 aliphatic carbocycles. The third-order valence-electron chi connectivity index (χ3n) is 6.44. The van der Waals surface area contributed by atoms with Crippen LogP contribution in [-0.2, 0) is 11.3 Å². The Balaban J connectivity index is 1.40. The summed E-state index contributed by atoms with van der Waals surface area (Å²) < 4.78 is 18.4. The van der Waals surface area contributed by atoms with Gasteiger partial charge in [0.15, 0.2) is 5.58 Å². The Morgan fingerprint density at radius 3 is 2.79 bits per heavy atom. The molecule has 2 aromatic carbocycles. The number of hydrogen-bond donors (Lipinski definition) is 1. The van der Waals surface area contributed by atoms with E-state index in [4.69, 9.17) is 18.6 Å². The first-order valence-corrected chi connectivity index (χ1v) is 11.5. The number of imidazole rings is 1. The monoisotopic (exact) mass is 456 g/mol. The summed E-state index contributed by atoms with van der Waals surface area (Å²) in [6.07, 6.45) is 6.28. The smallest absolute Gasteiger partial charge is 0.337 e. The average Bonchev–Trinajstić information content (AvgIpc) is 3.66. The van der Waals surface area contributed by atoms with E-state index in [0.717, 1.165) is 46.5 Å². The van der Waals surface area contributed by atoms with Crippen molar-refractivity contribution < 1.29 is 18.4 Å². The fraction of sp³-hybridized carbons (Fsp3) is 0.269. The van der Waals surface area contributed by atoms with Gasteiger partial charge in [-0.25, -0.2) is 9.78 Å². The summed E-state index contributed by atoms with van der Waals surface area (Å²) in [5, 5.41) is 3.16. The molecule has 0 aliphatic heterocycles. The quantitative estimate of drug-likeness (QED) is 0.315. The number of esters is 1. The lowest BCUT2D eigenvalue weighted by atomic mass is 10.1. The number of anilines is 1. The van der Waals surface area contributed by atoms with Gasteiger partial charge in [0, 0.05) is 11.6 Å². The molecular weight excluding hydrogens is 432 g/mol. The lowest BCUT2D eigenvalue weighted by Gasteiger charge is -2.16. The van der Waals surface area contributed by atoms with E-state index in [1.807, 2.05) is 42.5 Å². The maximum absolute atomic E-state index is 12.1. The van der Waals surface area contributed by atoms with Crippen molar-refractivity contribution in [2.24, 2.45) is 0 Å². The molecule has 0 amide bonds. The largest absolute Gasteiger partial charge is 0.467 e. The highest BCUT2D eigenvalue weighted by atomic mass is 16.5. The van der Waals surface area contributed by atoms with E-state index in [-0.39, 0.29) is 5.97 Å². The molecule has 8 nitrogen and oxygen atoms in total. The molecule has 1 N–H and O–H groups in total. The second-order valence-electron chi connectivity index (χ2n) is 8.57. The number of nitrogens with zero attached hydrogens (tertiary/aromatic N) is 3. The van der Waals surface area contributed by atoms with E-state index in [9.17, 15) is 4.79 Å². The molecule has 6 rings (SSSR count). The molecular formula is C26H24N4O4. The molecule has 1 saturated carbocycles. The minimum absolute atomic E-state index is 0.363. The molecule has 5 aromatic rings. The minimum Gasteiger partial charge on any atom is -0.467 e. The summed E-state index contributed by atoms with van der Waals surface area (Å²) in [5.41, 5.74) is 4.71. The van der Waals surface area contributed by atoms with Gasteiger partial charge in [-0.15, -0.1) is 0 Å². The van der Waals surface area contributed by atoms with Crippen LogP contribution in [0, 0.1) is 0 Å². The molecule has 1 aliphatic rings. The SMILES string of the molecule is COC(=O)c1ccc2c(c1)nc(-c1ccc3oc(NCc4ccco4)nc3c1)n2C1CCCC1. The molecule has 1 fully saturated rings. The number of carbonyl (C=O) groups is 1. The summed E-state index contributed by atoms with van der Waals surface area (Å²) in [5.74, 6) is 1.32. The first-order chi connectivity index (χ1) is 16.7. The van der Waals surface area contributed by atoms with Crippen molar-refractivity contribution in [3.8, 4) is 11.4 Å². The van der Waals surface area contributed by atoms with Crippen molar-refractivity contribution >= 4 is 34.1 Å². The van der Waals surface area contributed by atoms with Crippen molar-refractivity contribution in [1.29, 1.82) is 0 Å². The first-order valence-electron chi connectivity index (χ1n) is 11.5. The second-order valence-corrected chi connectivity index (χ2v) is 8.57. The molecule has 8 heteroatoms. The van der Waals surface area contributed by atoms with Crippen molar-refractivity contribution in [3.63, 3.8) is 0 Å². The van der Waals surface area contributed by atoms with Gasteiger partial charge in [-0.3, -0.25) is 0 Å². The van der Waals surface area contributed by atoms with Crippen LogP contribution in [0.15, 0.2) is 63.6 Å². The Hall–Kier alpha value is -4.07. The molecule has 0 atom stereocenters. The summed E-state index contributed by atoms with van der Waals surface area (Å²) in [4.78, 5) is 21.6. The molecule has 34 heavy (non-hydrogen) atoms. The molecule has 0 spiro atoms. The number of hydrogen-bond acceptors (Lipinski definition) is 7. The summed E-state index contributed by atoms with van der Waals surface area (Å²) in [7, 11) is 1.39. The van der Waals surface area contributed by atoms with Gasteiger partial charge in [-0.2, -0.15) is 4.98 Å². The van der Waals surface area contributed by atoms with Gasteiger partial charge in [0.25, 0.3) is 6.01 Å². The highest BCUT2D eigenvalue weighted by Gasteiger charge is 2.24. The Bertz CT molecular complexity index is 1480. The van der Waals surface area contributed by atoms with Crippen LogP contribution in [0.4, 0.5) is 6.01 Å². The zero-order valence-electron chi connectivity index (χ0n) is 18.8.